The van der Waals surface area contributed by atoms with Crippen LogP contribution in [0.2, 0.25) is 0 Å². The Morgan fingerprint density at radius 3 is 2.42 bits per heavy atom. The van der Waals surface area contributed by atoms with Crippen LogP contribution in [0.3, 0.4) is 0 Å². The fourth-order valence-corrected chi connectivity index (χ4v) is 2.28. The largest absolute Gasteiger partial charge is 0.336 e. The quantitative estimate of drug-likeness (QED) is 0.908. The normalized spacial score (nSPS) is 11.7. The van der Waals surface area contributed by atoms with Crippen molar-refractivity contribution in [1.29, 1.82) is 0 Å². The van der Waals surface area contributed by atoms with Crippen molar-refractivity contribution in [2.24, 2.45) is 5.14 Å². The zero-order valence-corrected chi connectivity index (χ0v) is 11.9. The van der Waals surface area contributed by atoms with Crippen LogP contribution in [0.15, 0.2) is 23.1 Å². The summed E-state index contributed by atoms with van der Waals surface area (Å²) in [4.78, 5) is 13.3. The predicted octanol–water partition coefficient (Wildman–Crippen LogP) is 1.34. The SMILES string of the molecule is CCN(C(=O)c1cc(S(N)(=O)=O)ccc1F)C(C)C. The number of halogens is 1. The minimum absolute atomic E-state index is 0.116. The predicted molar refractivity (Wildman–Crippen MR) is 69.6 cm³/mol. The van der Waals surface area contributed by atoms with Crippen molar-refractivity contribution in [2.75, 3.05) is 6.54 Å². The number of nitrogens with two attached hydrogens (primary N) is 1. The first-order valence-corrected chi connectivity index (χ1v) is 7.36. The van der Waals surface area contributed by atoms with Gasteiger partial charge >= 0.3 is 0 Å². The molecule has 5 nitrogen and oxygen atoms in total. The molecular formula is C12H17FN2O3S. The third-order valence-electron chi connectivity index (χ3n) is 2.72. The highest BCUT2D eigenvalue weighted by Crippen LogP contribution is 2.17. The summed E-state index contributed by atoms with van der Waals surface area (Å²) in [7, 11) is -3.97. The maximum absolute atomic E-state index is 13.7. The van der Waals surface area contributed by atoms with Gasteiger partial charge in [-0.1, -0.05) is 0 Å². The molecule has 0 heterocycles. The van der Waals surface area contributed by atoms with Crippen molar-refractivity contribution in [3.05, 3.63) is 29.6 Å². The number of carbonyl (C=O) groups is 1. The number of benzene rings is 1. The summed E-state index contributed by atoms with van der Waals surface area (Å²) in [5.41, 5.74) is -0.290. The third kappa shape index (κ3) is 3.51. The highest BCUT2D eigenvalue weighted by molar-refractivity contribution is 7.89. The maximum atomic E-state index is 13.7. The molecule has 0 unspecified atom stereocenters. The number of hydrogen-bond acceptors (Lipinski definition) is 3. The van der Waals surface area contributed by atoms with Crippen molar-refractivity contribution in [1.82, 2.24) is 4.90 Å². The van der Waals surface area contributed by atoms with Gasteiger partial charge in [-0.15, -0.1) is 0 Å². The highest BCUT2D eigenvalue weighted by Gasteiger charge is 2.22. The molecule has 0 spiro atoms. The number of amides is 1. The lowest BCUT2D eigenvalue weighted by molar-refractivity contribution is 0.0712. The Morgan fingerprint density at radius 2 is 2.00 bits per heavy atom. The molecule has 106 valence electrons. The van der Waals surface area contributed by atoms with Crippen LogP contribution in [-0.4, -0.2) is 31.8 Å². The third-order valence-corrected chi connectivity index (χ3v) is 3.63. The molecule has 0 bridgehead atoms. The fourth-order valence-electron chi connectivity index (χ4n) is 1.74. The molecule has 0 saturated heterocycles. The van der Waals surface area contributed by atoms with Crippen LogP contribution in [0.1, 0.15) is 31.1 Å². The molecule has 1 aromatic rings. The topological polar surface area (TPSA) is 80.5 Å². The van der Waals surface area contributed by atoms with Crippen molar-refractivity contribution in [3.8, 4) is 0 Å². The average Bonchev–Trinajstić information content (AvgIpc) is 2.28. The zero-order chi connectivity index (χ0) is 14.8. The van der Waals surface area contributed by atoms with E-state index in [0.29, 0.717) is 6.54 Å². The van der Waals surface area contributed by atoms with Crippen molar-refractivity contribution in [3.63, 3.8) is 0 Å². The summed E-state index contributed by atoms with van der Waals surface area (Å²) >= 11 is 0. The van der Waals surface area contributed by atoms with E-state index in [0.717, 1.165) is 18.2 Å². The van der Waals surface area contributed by atoms with Gasteiger partial charge in [0.05, 0.1) is 10.5 Å². The summed E-state index contributed by atoms with van der Waals surface area (Å²) in [6.07, 6.45) is 0. The molecule has 1 rings (SSSR count). The summed E-state index contributed by atoms with van der Waals surface area (Å²) in [5, 5.41) is 4.97. The molecule has 0 aliphatic rings. The zero-order valence-electron chi connectivity index (χ0n) is 11.1. The molecule has 7 heteroatoms. The van der Waals surface area contributed by atoms with Crippen LogP contribution >= 0.6 is 0 Å². The molecule has 0 saturated carbocycles. The minimum Gasteiger partial charge on any atom is -0.336 e. The van der Waals surface area contributed by atoms with Crippen LogP contribution in [-0.2, 0) is 10.0 Å². The van der Waals surface area contributed by atoms with Crippen molar-refractivity contribution >= 4 is 15.9 Å². The Hall–Kier alpha value is -1.47. The van der Waals surface area contributed by atoms with E-state index in [1.807, 2.05) is 0 Å². The van der Waals surface area contributed by atoms with E-state index < -0.39 is 21.7 Å². The Kier molecular flexibility index (Phi) is 4.65. The number of sulfonamides is 1. The summed E-state index contributed by atoms with van der Waals surface area (Å²) < 4.78 is 36.1. The number of carbonyl (C=O) groups excluding carboxylic acids is 1. The molecule has 0 aromatic heterocycles. The van der Waals surface area contributed by atoms with Gasteiger partial charge in [-0.25, -0.2) is 17.9 Å². The molecule has 0 radical (unpaired) electrons. The van der Waals surface area contributed by atoms with Crippen molar-refractivity contribution in [2.45, 2.75) is 31.7 Å². The van der Waals surface area contributed by atoms with Gasteiger partial charge in [0.25, 0.3) is 5.91 Å². The van der Waals surface area contributed by atoms with Gasteiger partial charge in [-0.3, -0.25) is 4.79 Å². The molecule has 2 N–H and O–H groups in total. The van der Waals surface area contributed by atoms with Crippen LogP contribution in [0.5, 0.6) is 0 Å². The first-order chi connectivity index (χ1) is 8.68. The standard InChI is InChI=1S/C12H17FN2O3S/c1-4-15(8(2)3)12(16)10-7-9(19(14,17)18)5-6-11(10)13/h5-8H,4H2,1-3H3,(H2,14,17,18). The van der Waals surface area contributed by atoms with E-state index in [2.05, 4.69) is 0 Å². The number of primary sulfonamides is 1. The maximum Gasteiger partial charge on any atom is 0.257 e. The lowest BCUT2D eigenvalue weighted by Crippen LogP contribution is -2.37. The van der Waals surface area contributed by atoms with Crippen LogP contribution in [0, 0.1) is 5.82 Å². The van der Waals surface area contributed by atoms with Crippen LogP contribution in [0.25, 0.3) is 0 Å². The van der Waals surface area contributed by atoms with E-state index in [-0.39, 0.29) is 16.5 Å². The second-order valence-electron chi connectivity index (χ2n) is 4.37. The highest BCUT2D eigenvalue weighted by atomic mass is 32.2. The Balaban J connectivity index is 3.30. The second kappa shape index (κ2) is 5.66. The molecule has 19 heavy (non-hydrogen) atoms. The van der Waals surface area contributed by atoms with Gasteiger partial charge in [0.2, 0.25) is 10.0 Å². The van der Waals surface area contributed by atoms with E-state index >= 15 is 0 Å². The molecule has 0 aliphatic heterocycles. The van der Waals surface area contributed by atoms with Gasteiger partial charge in [0.15, 0.2) is 0 Å². The first-order valence-electron chi connectivity index (χ1n) is 5.81. The van der Waals surface area contributed by atoms with Crippen LogP contribution in [0.4, 0.5) is 4.39 Å². The van der Waals surface area contributed by atoms with Gasteiger partial charge in [-0.2, -0.15) is 0 Å². The van der Waals surface area contributed by atoms with Gasteiger partial charge in [-0.05, 0) is 39.0 Å². The summed E-state index contributed by atoms with van der Waals surface area (Å²) in [6.45, 7) is 5.75. The van der Waals surface area contributed by atoms with E-state index in [1.165, 1.54) is 4.90 Å². The van der Waals surface area contributed by atoms with E-state index in [9.17, 15) is 17.6 Å². The van der Waals surface area contributed by atoms with Crippen LogP contribution < -0.4 is 5.14 Å². The molecule has 0 aliphatic carbocycles. The lowest BCUT2D eigenvalue weighted by Gasteiger charge is -2.25. The molecule has 1 aromatic carbocycles. The molecule has 1 amide bonds. The lowest BCUT2D eigenvalue weighted by atomic mass is 10.1. The van der Waals surface area contributed by atoms with Crippen molar-refractivity contribution < 1.29 is 17.6 Å². The van der Waals surface area contributed by atoms with E-state index in [1.54, 1.807) is 20.8 Å². The first kappa shape index (κ1) is 15.6. The monoisotopic (exact) mass is 288 g/mol. The fraction of sp³-hybridized carbons (Fsp3) is 0.417. The minimum atomic E-state index is -3.97. The smallest absolute Gasteiger partial charge is 0.257 e. The molecule has 0 atom stereocenters. The Bertz CT molecular complexity index is 585. The number of nitrogens with zero attached hydrogens (tertiary/aromatic N) is 1. The number of hydrogen-bond donors (Lipinski definition) is 1. The Labute approximate surface area is 112 Å². The molecule has 0 fully saturated rings. The Morgan fingerprint density at radius 1 is 1.42 bits per heavy atom. The van der Waals surface area contributed by atoms with E-state index in [4.69, 9.17) is 5.14 Å². The summed E-state index contributed by atoms with van der Waals surface area (Å²) in [6, 6.07) is 2.82. The molecular weight excluding hydrogens is 271 g/mol. The van der Waals surface area contributed by atoms with Gasteiger partial charge in [0.1, 0.15) is 5.82 Å². The second-order valence-corrected chi connectivity index (χ2v) is 5.93. The number of rotatable bonds is 4. The average molecular weight is 288 g/mol. The van der Waals surface area contributed by atoms with Gasteiger partial charge in [0, 0.05) is 12.6 Å². The summed E-state index contributed by atoms with van der Waals surface area (Å²) in [5.74, 6) is -1.32. The van der Waals surface area contributed by atoms with Gasteiger partial charge < -0.3 is 4.90 Å².